The molecule has 0 amide bonds. The maximum Gasteiger partial charge on any atom is 0.338 e. The summed E-state index contributed by atoms with van der Waals surface area (Å²) in [5.74, 6) is 0.0832. The molecule has 3 aromatic rings. The van der Waals surface area contributed by atoms with Crippen molar-refractivity contribution in [3.63, 3.8) is 0 Å². The lowest BCUT2D eigenvalue weighted by Gasteiger charge is -2.23. The third-order valence-electron chi connectivity index (χ3n) is 4.39. The molecule has 0 bridgehead atoms. The topological polar surface area (TPSA) is 83.0 Å². The molecule has 1 atom stereocenters. The molecule has 3 aromatic heterocycles. The molecule has 0 fully saturated rings. The molecule has 0 radical (unpaired) electrons. The van der Waals surface area contributed by atoms with Crippen LogP contribution in [0.2, 0.25) is 0 Å². The van der Waals surface area contributed by atoms with Crippen LogP contribution in [0.3, 0.4) is 0 Å². The molecule has 4 heterocycles. The first-order valence-electron chi connectivity index (χ1n) is 8.85. The Morgan fingerprint density at radius 1 is 1.34 bits per heavy atom. The normalized spacial score (nSPS) is 16.6. The monoisotopic (exact) mass is 430 g/mol. The molecular weight excluding hydrogens is 412 g/mol. The molecule has 0 N–H and O–H groups in total. The number of thiophene rings is 1. The van der Waals surface area contributed by atoms with Crippen molar-refractivity contribution in [2.75, 3.05) is 20.3 Å². The number of ether oxygens (including phenoxy) is 2. The quantitative estimate of drug-likeness (QED) is 0.442. The van der Waals surface area contributed by atoms with E-state index in [4.69, 9.17) is 13.9 Å². The summed E-state index contributed by atoms with van der Waals surface area (Å²) in [7, 11) is 1.54. The second-order valence-electron chi connectivity index (χ2n) is 6.24. The lowest BCUT2D eigenvalue weighted by atomic mass is 10.0. The molecule has 0 aromatic carbocycles. The van der Waals surface area contributed by atoms with Gasteiger partial charge in [0, 0.05) is 18.1 Å². The number of aromatic nitrogens is 1. The number of carbonyl (C=O) groups is 1. The number of hydrogen-bond acceptors (Lipinski definition) is 8. The van der Waals surface area contributed by atoms with Crippen LogP contribution in [-0.2, 0) is 14.3 Å². The summed E-state index contributed by atoms with van der Waals surface area (Å²) >= 11 is 2.74. The SMILES string of the molecule is COCCOC(=O)C1=C(C)N=c2s/c(=C\c3ccco3)c(=O)n2C1c1cccs1. The Bertz CT molecular complexity index is 1220. The maximum atomic E-state index is 13.2. The first-order chi connectivity index (χ1) is 14.1. The molecule has 7 nitrogen and oxygen atoms in total. The minimum absolute atomic E-state index is 0.131. The number of nitrogens with zero attached hydrogens (tertiary/aromatic N) is 2. The van der Waals surface area contributed by atoms with Crippen LogP contribution in [0.1, 0.15) is 23.6 Å². The Morgan fingerprint density at radius 2 is 2.21 bits per heavy atom. The van der Waals surface area contributed by atoms with Crippen molar-refractivity contribution in [3.8, 4) is 0 Å². The number of allylic oxidation sites excluding steroid dienone is 1. The first kappa shape index (κ1) is 19.6. The van der Waals surface area contributed by atoms with Crippen LogP contribution < -0.4 is 14.9 Å². The number of fused-ring (bicyclic) bond motifs is 1. The van der Waals surface area contributed by atoms with Crippen molar-refractivity contribution in [1.29, 1.82) is 0 Å². The third-order valence-corrected chi connectivity index (χ3v) is 6.30. The Labute approximate surface area is 173 Å². The van der Waals surface area contributed by atoms with Gasteiger partial charge in [0.05, 0.1) is 28.7 Å². The van der Waals surface area contributed by atoms with Gasteiger partial charge in [0.25, 0.3) is 5.56 Å². The molecule has 0 aliphatic carbocycles. The predicted molar refractivity (Wildman–Crippen MR) is 110 cm³/mol. The van der Waals surface area contributed by atoms with E-state index in [0.29, 0.717) is 33.0 Å². The van der Waals surface area contributed by atoms with Gasteiger partial charge in [-0.1, -0.05) is 17.4 Å². The van der Waals surface area contributed by atoms with E-state index in [1.165, 1.54) is 29.8 Å². The van der Waals surface area contributed by atoms with E-state index in [2.05, 4.69) is 4.99 Å². The summed E-state index contributed by atoms with van der Waals surface area (Å²) < 4.78 is 17.7. The highest BCUT2D eigenvalue weighted by atomic mass is 32.1. The van der Waals surface area contributed by atoms with E-state index in [0.717, 1.165) is 4.88 Å². The van der Waals surface area contributed by atoms with Crippen LogP contribution in [0.15, 0.2) is 61.4 Å². The van der Waals surface area contributed by atoms with Crippen molar-refractivity contribution in [1.82, 2.24) is 4.57 Å². The highest BCUT2D eigenvalue weighted by Crippen LogP contribution is 2.33. The van der Waals surface area contributed by atoms with Gasteiger partial charge in [-0.25, -0.2) is 9.79 Å². The molecule has 0 spiro atoms. The Morgan fingerprint density at radius 3 is 2.90 bits per heavy atom. The highest BCUT2D eigenvalue weighted by molar-refractivity contribution is 7.10. The number of furan rings is 1. The van der Waals surface area contributed by atoms with Gasteiger partial charge in [-0.05, 0) is 30.5 Å². The van der Waals surface area contributed by atoms with Crippen LogP contribution in [0.4, 0.5) is 0 Å². The predicted octanol–water partition coefficient (Wildman–Crippen LogP) is 2.08. The smallest absolute Gasteiger partial charge is 0.338 e. The van der Waals surface area contributed by atoms with Crippen molar-refractivity contribution < 1.29 is 18.7 Å². The molecule has 1 unspecified atom stereocenters. The number of methoxy groups -OCH3 is 1. The van der Waals surface area contributed by atoms with E-state index >= 15 is 0 Å². The average molecular weight is 431 g/mol. The van der Waals surface area contributed by atoms with Crippen molar-refractivity contribution >= 4 is 34.7 Å². The Balaban J connectivity index is 1.86. The standard InChI is InChI=1S/C20H18N2O5S2/c1-12-16(19(24)27-9-8-25-2)17(14-6-4-10-28-14)22-18(23)15(29-20(22)21-12)11-13-5-3-7-26-13/h3-7,10-11,17H,8-9H2,1-2H3/b15-11-. The maximum absolute atomic E-state index is 13.2. The minimum atomic E-state index is -0.583. The van der Waals surface area contributed by atoms with Crippen LogP contribution in [-0.4, -0.2) is 30.9 Å². The summed E-state index contributed by atoms with van der Waals surface area (Å²) in [4.78, 5) is 32.0. The zero-order chi connectivity index (χ0) is 20.4. The van der Waals surface area contributed by atoms with E-state index in [-0.39, 0.29) is 12.2 Å². The van der Waals surface area contributed by atoms with E-state index < -0.39 is 12.0 Å². The second kappa shape index (κ2) is 8.32. The molecule has 1 aliphatic heterocycles. The molecular formula is C20H18N2O5S2. The lowest BCUT2D eigenvalue weighted by Crippen LogP contribution is -2.39. The third kappa shape index (κ3) is 3.76. The highest BCUT2D eigenvalue weighted by Gasteiger charge is 2.34. The van der Waals surface area contributed by atoms with Gasteiger partial charge in [-0.3, -0.25) is 9.36 Å². The van der Waals surface area contributed by atoms with E-state index in [9.17, 15) is 9.59 Å². The summed E-state index contributed by atoms with van der Waals surface area (Å²) in [6.07, 6.45) is 3.24. The number of carbonyl (C=O) groups excluding carboxylic acids is 1. The second-order valence-corrected chi connectivity index (χ2v) is 8.23. The first-order valence-corrected chi connectivity index (χ1v) is 10.6. The van der Waals surface area contributed by atoms with E-state index in [1.807, 2.05) is 17.5 Å². The van der Waals surface area contributed by atoms with Crippen LogP contribution in [0.25, 0.3) is 6.08 Å². The van der Waals surface area contributed by atoms with Gasteiger partial charge in [-0.15, -0.1) is 11.3 Å². The number of thiazole rings is 1. The molecule has 150 valence electrons. The van der Waals surface area contributed by atoms with Crippen molar-refractivity contribution in [2.24, 2.45) is 4.99 Å². The molecule has 1 aliphatic rings. The summed E-state index contributed by atoms with van der Waals surface area (Å²) in [6.45, 7) is 2.19. The molecule has 9 heteroatoms. The summed E-state index contributed by atoms with van der Waals surface area (Å²) in [6, 6.07) is 6.75. The van der Waals surface area contributed by atoms with Crippen molar-refractivity contribution in [2.45, 2.75) is 13.0 Å². The van der Waals surface area contributed by atoms with Crippen molar-refractivity contribution in [3.05, 3.63) is 77.5 Å². The zero-order valence-electron chi connectivity index (χ0n) is 15.8. The molecule has 0 saturated carbocycles. The van der Waals surface area contributed by atoms with E-state index in [1.54, 1.807) is 36.0 Å². The van der Waals surface area contributed by atoms with Gasteiger partial charge < -0.3 is 13.9 Å². The van der Waals surface area contributed by atoms with Gasteiger partial charge in [0.2, 0.25) is 0 Å². The van der Waals surface area contributed by atoms with Gasteiger partial charge in [0.15, 0.2) is 4.80 Å². The molecule has 4 rings (SSSR count). The summed E-state index contributed by atoms with van der Waals surface area (Å²) in [5.41, 5.74) is 0.676. The molecule has 0 saturated heterocycles. The van der Waals surface area contributed by atoms with Crippen LogP contribution in [0, 0.1) is 0 Å². The van der Waals surface area contributed by atoms with Gasteiger partial charge in [0.1, 0.15) is 18.4 Å². The average Bonchev–Trinajstić information content (AvgIpc) is 3.44. The van der Waals surface area contributed by atoms with Gasteiger partial charge >= 0.3 is 5.97 Å². The summed E-state index contributed by atoms with van der Waals surface area (Å²) in [5, 5.41) is 1.91. The number of rotatable bonds is 6. The fraction of sp³-hybridized carbons (Fsp3) is 0.250. The van der Waals surface area contributed by atoms with Gasteiger partial charge in [-0.2, -0.15) is 0 Å². The number of esters is 1. The minimum Gasteiger partial charge on any atom is -0.465 e. The Hall–Kier alpha value is -2.75. The van der Waals surface area contributed by atoms with Crippen LogP contribution >= 0.6 is 22.7 Å². The Kier molecular flexibility index (Phi) is 5.61. The fourth-order valence-electron chi connectivity index (χ4n) is 3.10. The lowest BCUT2D eigenvalue weighted by molar-refractivity contribution is -0.140. The fourth-order valence-corrected chi connectivity index (χ4v) is 4.95. The zero-order valence-corrected chi connectivity index (χ0v) is 17.4. The number of hydrogen-bond donors (Lipinski definition) is 0. The molecule has 29 heavy (non-hydrogen) atoms. The largest absolute Gasteiger partial charge is 0.465 e. The van der Waals surface area contributed by atoms with Crippen LogP contribution in [0.5, 0.6) is 0 Å².